The first-order valence-corrected chi connectivity index (χ1v) is 5.08. The molecule has 0 aromatic heterocycles. The Morgan fingerprint density at radius 2 is 2.27 bits per heavy atom. The van der Waals surface area contributed by atoms with Gasteiger partial charge in [0.1, 0.15) is 5.04 Å². The Morgan fingerprint density at radius 3 is 2.64 bits per heavy atom. The minimum atomic E-state index is 0.642. The molecule has 0 atom stereocenters. The van der Waals surface area contributed by atoms with Gasteiger partial charge in [0.25, 0.3) is 0 Å². The van der Waals surface area contributed by atoms with Gasteiger partial charge >= 0.3 is 0 Å². The molecule has 1 rings (SSSR count). The van der Waals surface area contributed by atoms with E-state index in [1.165, 1.54) is 11.8 Å². The summed E-state index contributed by atoms with van der Waals surface area (Å²) >= 11 is 3.71. The summed E-state index contributed by atoms with van der Waals surface area (Å²) in [5.41, 5.74) is 1.03. The Hall–Kier alpha value is 0.0300. The van der Waals surface area contributed by atoms with E-state index in [9.17, 15) is 0 Å². The van der Waals surface area contributed by atoms with Gasteiger partial charge in [0.2, 0.25) is 0 Å². The molecule has 0 amide bonds. The van der Waals surface area contributed by atoms with Crippen LogP contribution in [0, 0.1) is 5.41 Å². The molecule has 0 fully saturated rings. The first-order valence-electron chi connectivity index (χ1n) is 3.12. The van der Waals surface area contributed by atoms with Crippen molar-refractivity contribution in [2.75, 3.05) is 14.1 Å². The molecule has 0 radical (unpaired) electrons. The van der Waals surface area contributed by atoms with Crippen LogP contribution in [0.4, 0.5) is 0 Å². The number of nitrogens with zero attached hydrogens (tertiary/aromatic N) is 1. The molecular formula is C7H9IN2S. The Labute approximate surface area is 84.4 Å². The number of rotatable bonds is 1. The molecule has 60 valence electrons. The molecule has 0 spiro atoms. The van der Waals surface area contributed by atoms with Crippen LogP contribution in [0.2, 0.25) is 0 Å². The summed E-state index contributed by atoms with van der Waals surface area (Å²) < 4.78 is 1.12. The van der Waals surface area contributed by atoms with Crippen molar-refractivity contribution in [3.63, 3.8) is 0 Å². The molecule has 0 saturated heterocycles. The smallest absolute Gasteiger partial charge is 0.101 e. The largest absolute Gasteiger partial charge is 0.372 e. The van der Waals surface area contributed by atoms with Crippen LogP contribution < -0.4 is 0 Å². The van der Waals surface area contributed by atoms with Crippen LogP contribution in [0.5, 0.6) is 0 Å². The zero-order chi connectivity index (χ0) is 8.43. The maximum atomic E-state index is 7.54. The van der Waals surface area contributed by atoms with Gasteiger partial charge in [-0.15, -0.1) is 0 Å². The number of nitrogens with one attached hydrogen (secondary N) is 1. The zero-order valence-corrected chi connectivity index (χ0v) is 9.36. The first kappa shape index (κ1) is 9.12. The van der Waals surface area contributed by atoms with Crippen LogP contribution in [0.15, 0.2) is 20.8 Å². The fourth-order valence-electron chi connectivity index (χ4n) is 0.713. The second-order valence-corrected chi connectivity index (χ2v) is 4.29. The summed E-state index contributed by atoms with van der Waals surface area (Å²) in [6.45, 7) is 0. The maximum absolute atomic E-state index is 7.54. The number of hydrogen-bond acceptors (Lipinski definition) is 3. The lowest BCUT2D eigenvalue weighted by molar-refractivity contribution is 0.556. The normalized spacial score (nSPS) is 20.8. The second-order valence-electron chi connectivity index (χ2n) is 2.35. The van der Waals surface area contributed by atoms with Crippen molar-refractivity contribution in [3.05, 3.63) is 20.8 Å². The van der Waals surface area contributed by atoms with Crippen molar-refractivity contribution >= 4 is 39.4 Å². The molecule has 1 N–H and O–H groups in total. The summed E-state index contributed by atoms with van der Waals surface area (Å²) in [4.78, 5) is 2.01. The summed E-state index contributed by atoms with van der Waals surface area (Å²) in [6, 6.07) is 0. The highest BCUT2D eigenvalue weighted by atomic mass is 127. The number of halogens is 1. The molecule has 0 unspecified atom stereocenters. The molecular weight excluding hydrogens is 271 g/mol. The first-order chi connectivity index (χ1) is 5.13. The molecule has 1 heterocycles. The fourth-order valence-corrected chi connectivity index (χ4v) is 1.98. The molecule has 1 aliphatic heterocycles. The van der Waals surface area contributed by atoms with Crippen molar-refractivity contribution in [2.24, 2.45) is 0 Å². The van der Waals surface area contributed by atoms with Gasteiger partial charge in [-0.3, -0.25) is 5.41 Å². The van der Waals surface area contributed by atoms with Crippen molar-refractivity contribution in [1.82, 2.24) is 4.90 Å². The fraction of sp³-hybridized carbons (Fsp3) is 0.286. The van der Waals surface area contributed by atoms with Crippen LogP contribution in [0.25, 0.3) is 0 Å². The summed E-state index contributed by atoms with van der Waals surface area (Å²) in [6.07, 6.45) is 1.98. The van der Waals surface area contributed by atoms with Gasteiger partial charge in [0, 0.05) is 19.7 Å². The van der Waals surface area contributed by atoms with Crippen LogP contribution in [-0.2, 0) is 0 Å². The van der Waals surface area contributed by atoms with Gasteiger partial charge in [-0.1, -0.05) is 11.8 Å². The van der Waals surface area contributed by atoms with Gasteiger partial charge in [-0.25, -0.2) is 0 Å². The van der Waals surface area contributed by atoms with Crippen LogP contribution in [-0.4, -0.2) is 24.0 Å². The van der Waals surface area contributed by atoms with Gasteiger partial charge in [0.15, 0.2) is 0 Å². The molecule has 0 aliphatic carbocycles. The average Bonchev–Trinajstić information content (AvgIpc) is 2.33. The lowest BCUT2D eigenvalue weighted by Gasteiger charge is -2.12. The van der Waals surface area contributed by atoms with E-state index in [0.29, 0.717) is 5.04 Å². The van der Waals surface area contributed by atoms with Gasteiger partial charge in [-0.05, 0) is 34.1 Å². The second kappa shape index (κ2) is 3.62. The van der Waals surface area contributed by atoms with E-state index in [2.05, 4.69) is 22.6 Å². The van der Waals surface area contributed by atoms with Gasteiger partial charge in [-0.2, -0.15) is 0 Å². The van der Waals surface area contributed by atoms with E-state index >= 15 is 0 Å². The summed E-state index contributed by atoms with van der Waals surface area (Å²) in [7, 11) is 3.97. The molecule has 0 bridgehead atoms. The SMILES string of the molecule is CN(C)/C(I)=C1/C=CSC1=N. The van der Waals surface area contributed by atoms with E-state index in [0.717, 1.165) is 9.28 Å². The van der Waals surface area contributed by atoms with Crippen LogP contribution in [0.1, 0.15) is 0 Å². The highest BCUT2D eigenvalue weighted by Crippen LogP contribution is 2.28. The summed E-state index contributed by atoms with van der Waals surface area (Å²) in [5.74, 6) is 0. The third-order valence-corrected chi connectivity index (χ3v) is 3.55. The van der Waals surface area contributed by atoms with Crippen molar-refractivity contribution < 1.29 is 0 Å². The van der Waals surface area contributed by atoms with Crippen molar-refractivity contribution in [3.8, 4) is 0 Å². The van der Waals surface area contributed by atoms with Crippen molar-refractivity contribution in [2.45, 2.75) is 0 Å². The predicted octanol–water partition coefficient (Wildman–Crippen LogP) is 2.43. The van der Waals surface area contributed by atoms with E-state index in [1.54, 1.807) is 0 Å². The summed E-state index contributed by atoms with van der Waals surface area (Å²) in [5, 5.41) is 10.1. The quantitative estimate of drug-likeness (QED) is 0.590. The molecule has 0 saturated carbocycles. The topological polar surface area (TPSA) is 27.1 Å². The monoisotopic (exact) mass is 280 g/mol. The molecule has 0 aromatic carbocycles. The van der Waals surface area contributed by atoms with E-state index in [-0.39, 0.29) is 0 Å². The van der Waals surface area contributed by atoms with Crippen LogP contribution in [0.3, 0.4) is 0 Å². The van der Waals surface area contributed by atoms with Gasteiger partial charge in [0.05, 0.1) is 3.70 Å². The molecule has 11 heavy (non-hydrogen) atoms. The minimum absolute atomic E-state index is 0.642. The van der Waals surface area contributed by atoms with E-state index in [4.69, 9.17) is 5.41 Å². The lowest BCUT2D eigenvalue weighted by atomic mass is 10.3. The Morgan fingerprint density at radius 1 is 1.64 bits per heavy atom. The van der Waals surface area contributed by atoms with Crippen LogP contribution >= 0.6 is 34.4 Å². The zero-order valence-electron chi connectivity index (χ0n) is 6.39. The van der Waals surface area contributed by atoms with E-state index in [1.807, 2.05) is 30.5 Å². The number of hydrogen-bond donors (Lipinski definition) is 1. The highest BCUT2D eigenvalue weighted by molar-refractivity contribution is 14.1. The standard InChI is InChI=1S/C7H9IN2S/c1-10(2)6(8)5-3-4-11-7(5)9/h3-4,9H,1-2H3/b6-5-,9-7?. The Bertz CT molecular complexity index is 243. The lowest BCUT2D eigenvalue weighted by Crippen LogP contribution is -2.09. The minimum Gasteiger partial charge on any atom is -0.372 e. The average molecular weight is 280 g/mol. The molecule has 1 aliphatic rings. The molecule has 4 heteroatoms. The third kappa shape index (κ3) is 1.99. The molecule has 2 nitrogen and oxygen atoms in total. The number of thioether (sulfide) groups is 1. The predicted molar refractivity (Wildman–Crippen MR) is 59.2 cm³/mol. The van der Waals surface area contributed by atoms with E-state index < -0.39 is 0 Å². The van der Waals surface area contributed by atoms with Gasteiger partial charge < -0.3 is 4.90 Å². The maximum Gasteiger partial charge on any atom is 0.101 e. The van der Waals surface area contributed by atoms with Crippen molar-refractivity contribution in [1.29, 1.82) is 5.41 Å². The Balaban J connectivity index is 2.94. The molecule has 0 aromatic rings. The number of allylic oxidation sites excluding steroid dienone is 1. The Kier molecular flexibility index (Phi) is 3.00. The third-order valence-electron chi connectivity index (χ3n) is 1.28. The highest BCUT2D eigenvalue weighted by Gasteiger charge is 2.12.